The molecule has 0 saturated carbocycles. The summed E-state index contributed by atoms with van der Waals surface area (Å²) in [7, 11) is 0. The summed E-state index contributed by atoms with van der Waals surface area (Å²) in [6.07, 6.45) is 6.07. The number of nitrogens with zero attached hydrogens (tertiary/aromatic N) is 3. The number of pyridine rings is 2. The Morgan fingerprint density at radius 2 is 2.18 bits per heavy atom. The molecule has 3 aromatic heterocycles. The maximum Gasteiger partial charge on any atom is 0.270 e. The second-order valence-electron chi connectivity index (χ2n) is 5.19. The highest BCUT2D eigenvalue weighted by molar-refractivity contribution is 5.94. The number of fused-ring (bicyclic) bond motifs is 1. The fraction of sp³-hybridized carbons (Fsp3) is 0.235. The molecule has 5 heteroatoms. The van der Waals surface area contributed by atoms with E-state index in [2.05, 4.69) is 15.3 Å². The average molecular weight is 294 g/mol. The van der Waals surface area contributed by atoms with Crippen LogP contribution >= 0.6 is 0 Å². The van der Waals surface area contributed by atoms with E-state index in [4.69, 9.17) is 0 Å². The van der Waals surface area contributed by atoms with Crippen molar-refractivity contribution < 1.29 is 4.79 Å². The van der Waals surface area contributed by atoms with Crippen LogP contribution in [0.4, 0.5) is 0 Å². The van der Waals surface area contributed by atoms with E-state index in [0.717, 1.165) is 28.9 Å². The Hall–Kier alpha value is -2.69. The number of carbonyl (C=O) groups excluding carboxylic acids is 1. The van der Waals surface area contributed by atoms with Gasteiger partial charge in [0.15, 0.2) is 0 Å². The van der Waals surface area contributed by atoms with Crippen molar-refractivity contribution in [2.75, 3.05) is 0 Å². The Kier molecular flexibility index (Phi) is 3.87. The molecule has 0 unspecified atom stereocenters. The third kappa shape index (κ3) is 2.57. The van der Waals surface area contributed by atoms with E-state index < -0.39 is 0 Å². The zero-order valence-corrected chi connectivity index (χ0v) is 12.7. The van der Waals surface area contributed by atoms with Crippen LogP contribution in [0.2, 0.25) is 0 Å². The van der Waals surface area contributed by atoms with Gasteiger partial charge in [0.2, 0.25) is 0 Å². The monoisotopic (exact) mass is 294 g/mol. The molecule has 0 atom stereocenters. The molecule has 1 amide bonds. The van der Waals surface area contributed by atoms with E-state index >= 15 is 0 Å². The van der Waals surface area contributed by atoms with Crippen molar-refractivity contribution in [3.05, 3.63) is 65.4 Å². The largest absolute Gasteiger partial charge is 0.347 e. The molecule has 0 fully saturated rings. The van der Waals surface area contributed by atoms with E-state index in [1.165, 1.54) is 0 Å². The third-order valence-corrected chi connectivity index (χ3v) is 3.64. The minimum absolute atomic E-state index is 0.112. The topological polar surface area (TPSA) is 59.3 Å². The van der Waals surface area contributed by atoms with Crippen LogP contribution in [0.5, 0.6) is 0 Å². The molecule has 1 N–H and O–H groups in total. The first-order chi connectivity index (χ1) is 10.7. The Morgan fingerprint density at radius 3 is 2.91 bits per heavy atom. The molecular weight excluding hydrogens is 276 g/mol. The molecule has 0 radical (unpaired) electrons. The molecule has 0 aliphatic rings. The van der Waals surface area contributed by atoms with E-state index in [1.807, 2.05) is 48.7 Å². The molecule has 0 saturated heterocycles. The number of carbonyl (C=O) groups is 1. The number of aromatic nitrogens is 3. The molecular formula is C17H18N4O. The Labute approximate surface area is 129 Å². The second-order valence-corrected chi connectivity index (χ2v) is 5.19. The van der Waals surface area contributed by atoms with E-state index in [1.54, 1.807) is 12.4 Å². The summed E-state index contributed by atoms with van der Waals surface area (Å²) in [5.74, 6) is -0.112. The first-order valence-corrected chi connectivity index (χ1v) is 7.34. The highest BCUT2D eigenvalue weighted by Crippen LogP contribution is 2.16. The number of hydrogen-bond acceptors (Lipinski definition) is 3. The van der Waals surface area contributed by atoms with Gasteiger partial charge in [0.05, 0.1) is 5.69 Å². The zero-order valence-electron chi connectivity index (χ0n) is 12.7. The van der Waals surface area contributed by atoms with Gasteiger partial charge in [0, 0.05) is 25.1 Å². The number of imidazole rings is 1. The van der Waals surface area contributed by atoms with Gasteiger partial charge in [-0.1, -0.05) is 19.1 Å². The van der Waals surface area contributed by atoms with Crippen molar-refractivity contribution in [3.63, 3.8) is 0 Å². The van der Waals surface area contributed by atoms with Crippen molar-refractivity contribution in [1.29, 1.82) is 0 Å². The summed E-state index contributed by atoms with van der Waals surface area (Å²) < 4.78 is 1.87. The first-order valence-electron chi connectivity index (χ1n) is 7.34. The minimum Gasteiger partial charge on any atom is -0.347 e. The molecule has 0 spiro atoms. The average Bonchev–Trinajstić information content (AvgIpc) is 2.94. The number of amides is 1. The fourth-order valence-corrected chi connectivity index (χ4v) is 2.51. The predicted octanol–water partition coefficient (Wildman–Crippen LogP) is 2.53. The van der Waals surface area contributed by atoms with Crippen LogP contribution in [0.1, 0.15) is 34.2 Å². The molecule has 5 nitrogen and oxygen atoms in total. The molecule has 0 aliphatic carbocycles. The molecule has 0 bridgehead atoms. The summed E-state index contributed by atoms with van der Waals surface area (Å²) in [5.41, 5.74) is 4.30. The molecule has 3 rings (SSSR count). The summed E-state index contributed by atoms with van der Waals surface area (Å²) in [5, 5.41) is 2.95. The zero-order chi connectivity index (χ0) is 15.5. The highest BCUT2D eigenvalue weighted by atomic mass is 16.1. The van der Waals surface area contributed by atoms with Gasteiger partial charge in [-0.2, -0.15) is 0 Å². The van der Waals surface area contributed by atoms with Crippen LogP contribution in [0.3, 0.4) is 0 Å². The maximum absolute atomic E-state index is 12.6. The van der Waals surface area contributed by atoms with Crippen molar-refractivity contribution in [3.8, 4) is 0 Å². The van der Waals surface area contributed by atoms with Gasteiger partial charge in [-0.15, -0.1) is 0 Å². The fourth-order valence-electron chi connectivity index (χ4n) is 2.51. The second kappa shape index (κ2) is 5.97. The Morgan fingerprint density at radius 1 is 1.32 bits per heavy atom. The molecule has 0 aromatic carbocycles. The van der Waals surface area contributed by atoms with Gasteiger partial charge in [-0.05, 0) is 36.6 Å². The number of hydrogen-bond donors (Lipinski definition) is 1. The Balaban J connectivity index is 1.91. The summed E-state index contributed by atoms with van der Waals surface area (Å²) in [6.45, 7) is 4.46. The molecule has 3 heterocycles. The van der Waals surface area contributed by atoms with Crippen molar-refractivity contribution >= 4 is 11.6 Å². The smallest absolute Gasteiger partial charge is 0.270 e. The lowest BCUT2D eigenvalue weighted by molar-refractivity contribution is 0.0944. The molecule has 3 aromatic rings. The third-order valence-electron chi connectivity index (χ3n) is 3.64. The lowest BCUT2D eigenvalue weighted by Gasteiger charge is -2.07. The Bertz CT molecular complexity index is 808. The van der Waals surface area contributed by atoms with Crippen molar-refractivity contribution in [2.24, 2.45) is 0 Å². The summed E-state index contributed by atoms with van der Waals surface area (Å²) >= 11 is 0. The number of rotatable bonds is 4. The number of aryl methyl sites for hydroxylation is 2. The highest BCUT2D eigenvalue weighted by Gasteiger charge is 2.18. The van der Waals surface area contributed by atoms with Crippen LogP contribution in [0.25, 0.3) is 5.65 Å². The van der Waals surface area contributed by atoms with Crippen LogP contribution < -0.4 is 5.32 Å². The normalized spacial score (nSPS) is 10.8. The lowest BCUT2D eigenvalue weighted by atomic mass is 10.2. The molecule has 0 aliphatic heterocycles. The van der Waals surface area contributed by atoms with Crippen LogP contribution in [0.15, 0.2) is 42.9 Å². The van der Waals surface area contributed by atoms with Gasteiger partial charge < -0.3 is 5.32 Å². The summed E-state index contributed by atoms with van der Waals surface area (Å²) in [6, 6.07) is 7.73. The van der Waals surface area contributed by atoms with Crippen LogP contribution in [-0.4, -0.2) is 20.3 Å². The maximum atomic E-state index is 12.6. The van der Waals surface area contributed by atoms with E-state index in [9.17, 15) is 4.79 Å². The molecule has 112 valence electrons. The standard InChI is InChI=1S/C17H18N4O/c1-3-14-15(21-9-5-6-12(2)16(21)20-14)17(22)19-11-13-7-4-8-18-10-13/h4-10H,3,11H2,1-2H3,(H,19,22). The van der Waals surface area contributed by atoms with Crippen molar-refractivity contribution in [1.82, 2.24) is 19.7 Å². The minimum atomic E-state index is -0.112. The van der Waals surface area contributed by atoms with E-state index in [0.29, 0.717) is 12.2 Å². The SMILES string of the molecule is CCc1nc2c(C)cccn2c1C(=O)NCc1cccnc1. The van der Waals surface area contributed by atoms with Crippen molar-refractivity contribution in [2.45, 2.75) is 26.8 Å². The van der Waals surface area contributed by atoms with Gasteiger partial charge >= 0.3 is 0 Å². The molecule has 22 heavy (non-hydrogen) atoms. The number of nitrogens with one attached hydrogen (secondary N) is 1. The van der Waals surface area contributed by atoms with Gasteiger partial charge in [-0.3, -0.25) is 14.2 Å². The summed E-state index contributed by atoms with van der Waals surface area (Å²) in [4.78, 5) is 21.2. The lowest BCUT2D eigenvalue weighted by Crippen LogP contribution is -2.25. The van der Waals surface area contributed by atoms with Gasteiger partial charge in [-0.25, -0.2) is 4.98 Å². The van der Waals surface area contributed by atoms with Gasteiger partial charge in [0.25, 0.3) is 5.91 Å². The predicted molar refractivity (Wildman–Crippen MR) is 84.7 cm³/mol. The van der Waals surface area contributed by atoms with E-state index in [-0.39, 0.29) is 5.91 Å². The van der Waals surface area contributed by atoms with Crippen LogP contribution in [-0.2, 0) is 13.0 Å². The van der Waals surface area contributed by atoms with Crippen LogP contribution in [0, 0.1) is 6.92 Å². The quantitative estimate of drug-likeness (QED) is 0.804. The first kappa shape index (κ1) is 14.3. The van der Waals surface area contributed by atoms with Gasteiger partial charge in [0.1, 0.15) is 11.3 Å².